The van der Waals surface area contributed by atoms with Gasteiger partial charge < -0.3 is 133 Å². The Morgan fingerprint density at radius 2 is 0.692 bits per heavy atom. The second-order valence-corrected chi connectivity index (χ2v) is 32.7. The Kier molecular flexibility index (Phi) is 49.7. The van der Waals surface area contributed by atoms with Crippen molar-refractivity contribution in [1.29, 1.82) is 0 Å². The van der Waals surface area contributed by atoms with E-state index in [9.17, 15) is 77.3 Å². The minimum Gasteiger partial charge on any atom is -0.550 e. The molecule has 11 rings (SSSR count). The highest BCUT2D eigenvalue weighted by Crippen LogP contribution is 2.37. The monoisotopic (exact) mass is 2000 g/mol. The molecule has 4 saturated heterocycles. The molecule has 0 bridgehead atoms. The number of esters is 7. The molecule has 5 aromatic rings. The molecule has 8 heterocycles. The van der Waals surface area contributed by atoms with Crippen LogP contribution in [-0.2, 0) is 114 Å². The number of allylic oxidation sites excluding steroid dienone is 2. The highest BCUT2D eigenvalue weighted by Gasteiger charge is 2.57. The molecular weight excluding hydrogens is 1870 g/mol. The molecule has 4 fully saturated rings. The number of aliphatic carboxylic acids is 1. The number of hydrogen-bond acceptors (Lipinski definition) is 37. The van der Waals surface area contributed by atoms with Crippen LogP contribution < -0.4 is 37.2 Å². The number of aromatic nitrogens is 2. The van der Waals surface area contributed by atoms with Crippen LogP contribution >= 0.6 is 0 Å². The second-order valence-electron chi connectivity index (χ2n) is 32.7. The Hall–Kier alpha value is -14.3. The molecule has 0 aliphatic carbocycles. The average Bonchev–Trinajstić information content (AvgIpc) is 1.64. The maximum atomic E-state index is 13.2. The lowest BCUT2D eigenvalue weighted by atomic mass is 10.1. The number of nitrogens with two attached hydrogens (primary N) is 4. The molecule has 0 saturated carbocycles. The van der Waals surface area contributed by atoms with Crippen LogP contribution in [0.3, 0.4) is 0 Å². The van der Waals surface area contributed by atoms with E-state index >= 15 is 0 Å². The predicted molar refractivity (Wildman–Crippen MR) is 497 cm³/mol. The van der Waals surface area contributed by atoms with Crippen LogP contribution in [-0.4, -0.2) is 242 Å². The van der Waals surface area contributed by atoms with Gasteiger partial charge in [-0.2, -0.15) is 9.13 Å². The molecule has 6 aliphatic rings. The van der Waals surface area contributed by atoms with E-state index in [1.807, 2.05) is 27.7 Å². The number of hydrogen-bond donors (Lipinski definition) is 6. The third-order valence-electron chi connectivity index (χ3n) is 21.9. The molecule has 2 aromatic heterocycles. The molecule has 43 nitrogen and oxygen atoms in total. The first-order valence-electron chi connectivity index (χ1n) is 47.2. The van der Waals surface area contributed by atoms with Gasteiger partial charge in [0.2, 0.25) is 17.9 Å². The summed E-state index contributed by atoms with van der Waals surface area (Å²) in [4.78, 5) is 183. The number of aliphatic hydroxyl groups excluding tert-OH is 2. The van der Waals surface area contributed by atoms with Gasteiger partial charge in [-0.3, -0.25) is 38.4 Å². The number of amides is 4. The van der Waals surface area contributed by atoms with Gasteiger partial charge in [0, 0.05) is 79.7 Å². The average molecular weight is 2000 g/mol. The maximum Gasteiger partial charge on any atom is 0.508 e. The predicted octanol–water partition coefficient (Wildman–Crippen LogP) is 7.81. The number of unbranched alkanes of at least 4 members (excludes halogenated alkanes) is 8. The lowest BCUT2D eigenvalue weighted by Gasteiger charge is -2.31. The van der Waals surface area contributed by atoms with E-state index in [0.29, 0.717) is 49.7 Å². The molecule has 778 valence electrons. The number of primary amides is 4. The summed E-state index contributed by atoms with van der Waals surface area (Å²) >= 11 is 0. The van der Waals surface area contributed by atoms with Crippen LogP contribution in [0.5, 0.6) is 0 Å². The molecule has 43 heteroatoms. The summed E-state index contributed by atoms with van der Waals surface area (Å²) in [5, 5.41) is 29.2. The zero-order valence-corrected chi connectivity index (χ0v) is 81.1. The van der Waals surface area contributed by atoms with Crippen LogP contribution in [0.2, 0.25) is 0 Å². The Morgan fingerprint density at radius 3 is 1.11 bits per heavy atom. The highest BCUT2D eigenvalue weighted by molar-refractivity contribution is 5.94. The van der Waals surface area contributed by atoms with Crippen molar-refractivity contribution in [3.05, 3.63) is 216 Å². The number of carbonyl (C=O) groups excluding carboxylic acids is 15. The summed E-state index contributed by atoms with van der Waals surface area (Å²) in [5.74, 6) is -7.20. The number of ether oxygens (including phenoxy) is 17. The minimum atomic E-state index is -1.26. The zero-order valence-electron chi connectivity index (χ0n) is 81.1. The summed E-state index contributed by atoms with van der Waals surface area (Å²) < 4.78 is 96.8. The summed E-state index contributed by atoms with van der Waals surface area (Å²) in [7, 11) is 0. The summed E-state index contributed by atoms with van der Waals surface area (Å²) in [6.07, 6.45) is 7.31. The summed E-state index contributed by atoms with van der Waals surface area (Å²) in [6.45, 7) is 13.0. The van der Waals surface area contributed by atoms with Crippen LogP contribution in [0.1, 0.15) is 235 Å². The smallest absolute Gasteiger partial charge is 0.508 e. The molecule has 6 aliphatic heterocycles. The molecule has 10 N–H and O–H groups in total. The summed E-state index contributed by atoms with van der Waals surface area (Å²) in [6, 6.07) is 31.3. The number of benzene rings is 3. The van der Waals surface area contributed by atoms with Crippen molar-refractivity contribution >= 4 is 89.8 Å². The van der Waals surface area contributed by atoms with Gasteiger partial charge in [0.05, 0.1) is 36.5 Å². The standard InChI is InChI=1S/C32H28N2O8.C29H44N2O8.C20H28N2O11.C17H24N2O6.C2H4O2/c33-28(35)24-17-10-18-34(19-24)29-27(42-32(38)23-15-8-3-9-16-23)26(41-31(37)22-13-6-2-7-14-22)25(40-29)20-39-30(36)21-11-4-1-5-12-21;1-4-7-10-15-23(32)36-20-22-26(38-24(33)16-11-8-5-2)27(39-25(34)17-12-9-6-3)29(37-22)31-18-13-14-21(19-31)28(30)35;1-4-27-18(24)30-11-13-14(32-19(25)28-5-2)15(33-20(26)29-6-3)17(31-13)22-9-7-8-12(10-22)16(21)23;1-2-3-4-7-13(20)24-10-12-14(21)15(22)17(25-12)19-8-5-6-11(9-19)16(18)23;1-2(3)4/h1-16,18-19,25-27,29H,17,20H2,(H2,33,35);13-14,18-19,22,26-27,29H,4-12,15-17,20H2,1-3H3,(H-,30,35);7,9-10,13-15,17H,4-6,8,11H2,1-3H3,(H2,21,23);5-6,8-9,12,14-15,17,21-22H,2-4,7,10H2,1H3,(H-,18,23);1H3,(H,3,4)/p+1/t25?,26-,27-,29-;22?,26-,27-,29-;13?,14-,15-,17-;12?,14-,15-,17-;/m1111./s1. The third-order valence-corrected chi connectivity index (χ3v) is 21.9. The fourth-order valence-corrected chi connectivity index (χ4v) is 14.7. The van der Waals surface area contributed by atoms with Crippen molar-refractivity contribution in [3.8, 4) is 0 Å². The lowest BCUT2D eigenvalue weighted by molar-refractivity contribution is -0.765. The number of carbonyl (C=O) groups is 15. The molecule has 4 unspecified atom stereocenters. The van der Waals surface area contributed by atoms with E-state index in [1.54, 1.807) is 171 Å². The number of nitrogens with zero attached hydrogens (tertiary/aromatic N) is 4. The Morgan fingerprint density at radius 1 is 0.357 bits per heavy atom. The first kappa shape index (κ1) is 116. The highest BCUT2D eigenvalue weighted by atomic mass is 16.8. The van der Waals surface area contributed by atoms with E-state index in [1.165, 1.54) is 45.2 Å². The number of aliphatic hydroxyl groups is 2. The van der Waals surface area contributed by atoms with Gasteiger partial charge in [0.1, 0.15) is 68.1 Å². The maximum absolute atomic E-state index is 13.2. The second kappa shape index (κ2) is 61.4. The van der Waals surface area contributed by atoms with E-state index in [4.69, 9.17) is 113 Å². The van der Waals surface area contributed by atoms with Gasteiger partial charge in [-0.15, -0.1) is 0 Å². The first-order valence-corrected chi connectivity index (χ1v) is 47.2. The van der Waals surface area contributed by atoms with Crippen molar-refractivity contribution in [2.45, 2.75) is 269 Å². The fourth-order valence-electron chi connectivity index (χ4n) is 14.7. The van der Waals surface area contributed by atoms with Gasteiger partial charge in [-0.25, -0.2) is 28.8 Å². The van der Waals surface area contributed by atoms with Crippen LogP contribution in [0, 0.1) is 0 Å². The van der Waals surface area contributed by atoms with Crippen molar-refractivity contribution in [1.82, 2.24) is 9.80 Å². The SMILES string of the molecule is CC(=O)[O-].CCCCCC(=O)OCC1O[C@@H]([n+]2cccc(C(N)=O)c2)[C@H](O)[C@@H]1O.CCCCCC(=O)OCC1O[C@@H]([n+]2cccc(C(N)=O)c2)[C@H](OC(=O)CCCCC)[C@@H]1OC(=O)CCCCC.CCOC(=O)OCC1O[C@@H](N2C=CCC(C(N)=O)=C2)[C@H](OC(=O)OCC)[C@@H]1OC(=O)OCC.NC(=O)C1=CN([C@@H]2OC(COC(=O)c3ccccc3)[C@@H](OC(=O)c3ccccc3)[C@H]2OC(=O)c2ccccc2)C=CC1. The lowest BCUT2D eigenvalue weighted by Crippen LogP contribution is -2.49. The topological polar surface area (TPSA) is 595 Å². The van der Waals surface area contributed by atoms with Gasteiger partial charge in [-0.1, -0.05) is 146 Å². The van der Waals surface area contributed by atoms with Gasteiger partial charge in [-0.05, 0) is 115 Å². The van der Waals surface area contributed by atoms with Crippen molar-refractivity contribution in [3.63, 3.8) is 0 Å². The third kappa shape index (κ3) is 37.9. The van der Waals surface area contributed by atoms with Crippen molar-refractivity contribution in [2.24, 2.45) is 22.9 Å². The molecule has 0 spiro atoms. The molecule has 0 radical (unpaired) electrons. The van der Waals surface area contributed by atoms with Crippen molar-refractivity contribution < 1.29 is 177 Å². The Balaban J connectivity index is 0.000000259. The van der Waals surface area contributed by atoms with Crippen LogP contribution in [0.15, 0.2) is 188 Å². The van der Waals surface area contributed by atoms with Crippen molar-refractivity contribution in [2.75, 3.05) is 46.2 Å². The molecular formula is C100H129N8O35+. The van der Waals surface area contributed by atoms with Gasteiger partial charge in [0.25, 0.3) is 18.0 Å². The van der Waals surface area contributed by atoms with E-state index in [2.05, 4.69) is 0 Å². The Bertz CT molecular complexity index is 5120. The fraction of sp³-hybridized carbons (Fsp3) is 0.490. The number of carboxylic acid groups (broad SMARTS) is 1. The zero-order chi connectivity index (χ0) is 104. The number of pyridine rings is 2. The largest absolute Gasteiger partial charge is 0.550 e. The normalized spacial score (nSPS) is 22.0. The van der Waals surface area contributed by atoms with E-state index in [0.717, 1.165) is 64.7 Å². The van der Waals surface area contributed by atoms with Gasteiger partial charge >= 0.3 is 66.5 Å². The molecule has 16 atom stereocenters. The van der Waals surface area contributed by atoms with Crippen LogP contribution in [0.4, 0.5) is 14.4 Å². The summed E-state index contributed by atoms with van der Waals surface area (Å²) in [5.41, 5.74) is 23.5. The number of rotatable bonds is 44. The van der Waals surface area contributed by atoms with E-state index < -0.39 is 183 Å². The van der Waals surface area contributed by atoms with Gasteiger partial charge in [0.15, 0.2) is 73.9 Å². The van der Waals surface area contributed by atoms with Crippen LogP contribution in [0.25, 0.3) is 0 Å². The quantitative estimate of drug-likeness (QED) is 0.00936. The molecule has 4 amide bonds. The first-order chi connectivity index (χ1) is 68.7. The molecule has 3 aromatic carbocycles. The Labute approximate surface area is 827 Å². The number of carboxylic acids is 1. The minimum absolute atomic E-state index is 0.0306. The van der Waals surface area contributed by atoms with E-state index in [-0.39, 0.29) is 98.7 Å². The molecule has 143 heavy (non-hydrogen) atoms.